The average Bonchev–Trinajstić information content (AvgIpc) is 3.31. The molecule has 0 spiro atoms. The summed E-state index contributed by atoms with van der Waals surface area (Å²) in [5, 5.41) is 5.96. The molecule has 30 heavy (non-hydrogen) atoms. The zero-order valence-corrected chi connectivity index (χ0v) is 16.2. The van der Waals surface area contributed by atoms with Crippen LogP contribution in [0.5, 0.6) is 0 Å². The summed E-state index contributed by atoms with van der Waals surface area (Å²) < 4.78 is 40.2. The third-order valence-corrected chi connectivity index (χ3v) is 4.87. The van der Waals surface area contributed by atoms with Crippen molar-refractivity contribution in [3.63, 3.8) is 0 Å². The van der Waals surface area contributed by atoms with Crippen LogP contribution < -0.4 is 10.6 Å². The molecule has 4 rings (SSSR count). The molecule has 0 aliphatic carbocycles. The fourth-order valence-electron chi connectivity index (χ4n) is 3.34. The minimum absolute atomic E-state index is 0.0960. The number of aryl methyl sites for hydroxylation is 1. The second kappa shape index (κ2) is 7.74. The molecule has 1 aliphatic heterocycles. The van der Waals surface area contributed by atoms with Gasteiger partial charge in [0.2, 0.25) is 0 Å². The van der Waals surface area contributed by atoms with Crippen LogP contribution in [-0.4, -0.2) is 33.6 Å². The fraction of sp³-hybridized carbons (Fsp3) is 0.238. The van der Waals surface area contributed by atoms with Crippen LogP contribution in [0.3, 0.4) is 0 Å². The van der Waals surface area contributed by atoms with E-state index < -0.39 is 11.7 Å². The highest BCUT2D eigenvalue weighted by Crippen LogP contribution is 2.33. The van der Waals surface area contributed by atoms with E-state index in [2.05, 4.69) is 15.6 Å². The molecular formula is C21H20F3N5O. The summed E-state index contributed by atoms with van der Waals surface area (Å²) in [6, 6.07) is 10.5. The minimum Gasteiger partial charge on any atom is -0.355 e. The lowest BCUT2D eigenvalue weighted by Gasteiger charge is -2.17. The van der Waals surface area contributed by atoms with Crippen LogP contribution in [0.4, 0.5) is 29.3 Å². The van der Waals surface area contributed by atoms with Gasteiger partial charge in [0.05, 0.1) is 17.6 Å². The van der Waals surface area contributed by atoms with E-state index in [1.54, 1.807) is 11.2 Å². The van der Waals surface area contributed by atoms with E-state index in [9.17, 15) is 18.0 Å². The van der Waals surface area contributed by atoms with Crippen LogP contribution in [-0.2, 0) is 19.8 Å². The Bertz CT molecular complexity index is 1060. The van der Waals surface area contributed by atoms with E-state index in [1.807, 2.05) is 36.0 Å². The lowest BCUT2D eigenvalue weighted by atomic mass is 10.0. The van der Waals surface area contributed by atoms with E-state index in [0.29, 0.717) is 31.0 Å². The molecule has 2 N–H and O–H groups in total. The molecule has 1 aromatic heterocycles. The molecule has 2 amide bonds. The Kier molecular flexibility index (Phi) is 5.11. The van der Waals surface area contributed by atoms with Gasteiger partial charge in [0, 0.05) is 49.8 Å². The average molecular weight is 415 g/mol. The number of halogens is 3. The van der Waals surface area contributed by atoms with Gasteiger partial charge in [-0.05, 0) is 42.0 Å². The van der Waals surface area contributed by atoms with Crippen LogP contribution in [0.2, 0.25) is 0 Å². The predicted molar refractivity (Wildman–Crippen MR) is 107 cm³/mol. The van der Waals surface area contributed by atoms with Crippen LogP contribution >= 0.6 is 0 Å². The number of urea groups is 1. The molecule has 9 heteroatoms. The maximum absolute atomic E-state index is 12.8. The summed E-state index contributed by atoms with van der Waals surface area (Å²) in [5.41, 5.74) is 3.00. The Balaban J connectivity index is 1.64. The number of imidazole rings is 1. The molecular weight excluding hydrogens is 395 g/mol. The Morgan fingerprint density at radius 3 is 2.53 bits per heavy atom. The van der Waals surface area contributed by atoms with Gasteiger partial charge in [0.1, 0.15) is 0 Å². The second-order valence-electron chi connectivity index (χ2n) is 7.16. The molecule has 1 aliphatic rings. The van der Waals surface area contributed by atoms with E-state index >= 15 is 0 Å². The quantitative estimate of drug-likeness (QED) is 0.650. The van der Waals surface area contributed by atoms with Crippen molar-refractivity contribution in [3.8, 4) is 11.3 Å². The van der Waals surface area contributed by atoms with Gasteiger partial charge in [0.25, 0.3) is 0 Å². The molecule has 1 saturated heterocycles. The molecule has 0 saturated carbocycles. The van der Waals surface area contributed by atoms with E-state index in [0.717, 1.165) is 29.0 Å². The Morgan fingerprint density at radius 1 is 1.17 bits per heavy atom. The number of hydrogen-bond donors (Lipinski definition) is 2. The molecule has 0 unspecified atom stereocenters. The number of anilines is 2. The van der Waals surface area contributed by atoms with Gasteiger partial charge < -0.3 is 20.1 Å². The van der Waals surface area contributed by atoms with Crippen LogP contribution in [0.1, 0.15) is 11.1 Å². The lowest BCUT2D eigenvalue weighted by molar-refractivity contribution is -0.137. The van der Waals surface area contributed by atoms with Crippen molar-refractivity contribution in [2.45, 2.75) is 12.7 Å². The van der Waals surface area contributed by atoms with Gasteiger partial charge in [-0.15, -0.1) is 0 Å². The number of amides is 2. The van der Waals surface area contributed by atoms with Crippen LogP contribution in [0.25, 0.3) is 11.3 Å². The Hall–Kier alpha value is -3.49. The highest BCUT2D eigenvalue weighted by Gasteiger charge is 2.30. The van der Waals surface area contributed by atoms with Crippen molar-refractivity contribution in [2.24, 2.45) is 7.05 Å². The maximum Gasteiger partial charge on any atom is 0.416 e. The summed E-state index contributed by atoms with van der Waals surface area (Å²) in [7, 11) is 1.86. The largest absolute Gasteiger partial charge is 0.416 e. The monoisotopic (exact) mass is 415 g/mol. The van der Waals surface area contributed by atoms with Crippen molar-refractivity contribution in [2.75, 3.05) is 18.4 Å². The van der Waals surface area contributed by atoms with Gasteiger partial charge in [0.15, 0.2) is 0 Å². The van der Waals surface area contributed by atoms with E-state index in [1.165, 1.54) is 12.1 Å². The highest BCUT2D eigenvalue weighted by molar-refractivity contribution is 5.80. The molecule has 0 radical (unpaired) electrons. The van der Waals surface area contributed by atoms with Crippen molar-refractivity contribution >= 4 is 17.4 Å². The number of carbonyl (C=O) groups excluding carboxylic acids is 1. The second-order valence-corrected chi connectivity index (χ2v) is 7.16. The van der Waals surface area contributed by atoms with Crippen LogP contribution in [0.15, 0.2) is 55.0 Å². The number of aromatic nitrogens is 2. The summed E-state index contributed by atoms with van der Waals surface area (Å²) in [6.07, 6.45) is -0.835. The summed E-state index contributed by atoms with van der Waals surface area (Å²) in [6.45, 7) is 1.73. The predicted octanol–water partition coefficient (Wildman–Crippen LogP) is 4.37. The molecule has 3 aromatic rings. The standard InChI is InChI=1S/C21H20F3N5O/c1-28-12-19(26-13-28)17-10-14(11-29-9-8-25-20(29)30)2-7-18(17)27-16-5-3-15(4-6-16)21(22,23)24/h2-7,10,12-13,27H,8-9,11H2,1H3,(H,25,30). The first-order chi connectivity index (χ1) is 14.3. The first-order valence-corrected chi connectivity index (χ1v) is 9.38. The lowest BCUT2D eigenvalue weighted by Crippen LogP contribution is -2.27. The van der Waals surface area contributed by atoms with Gasteiger partial charge in [-0.2, -0.15) is 13.2 Å². The number of nitrogens with one attached hydrogen (secondary N) is 2. The number of alkyl halides is 3. The Morgan fingerprint density at radius 2 is 1.93 bits per heavy atom. The van der Waals surface area contributed by atoms with Gasteiger partial charge in [-0.3, -0.25) is 0 Å². The minimum atomic E-state index is -4.37. The van der Waals surface area contributed by atoms with Crippen LogP contribution in [0, 0.1) is 0 Å². The molecule has 0 bridgehead atoms. The molecule has 0 atom stereocenters. The zero-order chi connectivity index (χ0) is 21.3. The first kappa shape index (κ1) is 19.8. The van der Waals surface area contributed by atoms with Crippen molar-refractivity contribution in [3.05, 3.63) is 66.1 Å². The maximum atomic E-state index is 12.8. The third kappa shape index (κ3) is 4.24. The van der Waals surface area contributed by atoms with E-state index in [4.69, 9.17) is 0 Å². The summed E-state index contributed by atoms with van der Waals surface area (Å²) in [5.74, 6) is 0. The smallest absolute Gasteiger partial charge is 0.355 e. The number of benzene rings is 2. The number of rotatable bonds is 5. The molecule has 2 aromatic carbocycles. The molecule has 2 heterocycles. The molecule has 6 nitrogen and oxygen atoms in total. The SMILES string of the molecule is Cn1cnc(-c2cc(CN3CCNC3=O)ccc2Nc2ccc(C(F)(F)F)cc2)c1. The summed E-state index contributed by atoms with van der Waals surface area (Å²) >= 11 is 0. The molecule has 1 fully saturated rings. The molecule has 156 valence electrons. The van der Waals surface area contributed by atoms with E-state index in [-0.39, 0.29) is 6.03 Å². The van der Waals surface area contributed by atoms with Gasteiger partial charge >= 0.3 is 12.2 Å². The Labute approximate surface area is 171 Å². The third-order valence-electron chi connectivity index (χ3n) is 4.87. The van der Waals surface area contributed by atoms with Gasteiger partial charge in [-0.1, -0.05) is 6.07 Å². The normalized spacial score (nSPS) is 14.1. The first-order valence-electron chi connectivity index (χ1n) is 9.38. The van der Waals surface area contributed by atoms with Gasteiger partial charge in [-0.25, -0.2) is 9.78 Å². The number of hydrogen-bond acceptors (Lipinski definition) is 3. The number of carbonyl (C=O) groups is 1. The van der Waals surface area contributed by atoms with Crippen molar-refractivity contribution < 1.29 is 18.0 Å². The highest BCUT2D eigenvalue weighted by atomic mass is 19.4. The van der Waals surface area contributed by atoms with Crippen molar-refractivity contribution in [1.82, 2.24) is 19.8 Å². The number of nitrogens with zero attached hydrogens (tertiary/aromatic N) is 3. The van der Waals surface area contributed by atoms with Crippen molar-refractivity contribution in [1.29, 1.82) is 0 Å². The topological polar surface area (TPSA) is 62.2 Å². The summed E-state index contributed by atoms with van der Waals surface area (Å²) in [4.78, 5) is 18.0. The zero-order valence-electron chi connectivity index (χ0n) is 16.2. The fourth-order valence-corrected chi connectivity index (χ4v) is 3.34.